The first kappa shape index (κ1) is 11.9. The van der Waals surface area contributed by atoms with Crippen molar-refractivity contribution in [3.05, 3.63) is 46.7 Å². The highest BCUT2D eigenvalue weighted by Gasteiger charge is 2.14. The lowest BCUT2D eigenvalue weighted by molar-refractivity contribution is 0.0527. The Kier molecular flexibility index (Phi) is 3.64. The van der Waals surface area contributed by atoms with E-state index < -0.39 is 0 Å². The predicted octanol–water partition coefficient (Wildman–Crippen LogP) is 3.62. The molecule has 2 rings (SSSR count). The van der Waals surface area contributed by atoms with Crippen molar-refractivity contribution in [3.63, 3.8) is 0 Å². The van der Waals surface area contributed by atoms with Crippen molar-refractivity contribution < 1.29 is 9.53 Å². The zero-order valence-electron chi connectivity index (χ0n) is 9.37. The van der Waals surface area contributed by atoms with Crippen LogP contribution in [0.2, 0.25) is 0 Å². The standard InChI is InChI=1S/C13H12BrNO2/c1-2-17-13(16)12-8-15-7-11(12)9-3-5-10(14)6-4-9/h3-8,15H,2H2,1H3. The SMILES string of the molecule is CCOC(=O)c1c[nH]cc1-c1ccc(Br)cc1. The highest BCUT2D eigenvalue weighted by atomic mass is 79.9. The minimum atomic E-state index is -0.299. The number of halogens is 1. The lowest BCUT2D eigenvalue weighted by atomic mass is 10.1. The first-order valence-corrected chi connectivity index (χ1v) is 6.11. The van der Waals surface area contributed by atoms with Crippen molar-refractivity contribution in [1.29, 1.82) is 0 Å². The van der Waals surface area contributed by atoms with Gasteiger partial charge in [0, 0.05) is 22.4 Å². The van der Waals surface area contributed by atoms with Gasteiger partial charge in [-0.2, -0.15) is 0 Å². The number of carbonyl (C=O) groups excluding carboxylic acids is 1. The second-order valence-electron chi connectivity index (χ2n) is 3.51. The summed E-state index contributed by atoms with van der Waals surface area (Å²) >= 11 is 3.38. The van der Waals surface area contributed by atoms with Gasteiger partial charge in [0.05, 0.1) is 12.2 Å². The van der Waals surface area contributed by atoms with Crippen molar-refractivity contribution in [2.45, 2.75) is 6.92 Å². The molecule has 1 heterocycles. The van der Waals surface area contributed by atoms with Gasteiger partial charge in [0.1, 0.15) is 0 Å². The largest absolute Gasteiger partial charge is 0.462 e. The molecule has 0 radical (unpaired) electrons. The van der Waals surface area contributed by atoms with E-state index in [-0.39, 0.29) is 5.97 Å². The van der Waals surface area contributed by atoms with Crippen LogP contribution in [0.3, 0.4) is 0 Å². The summed E-state index contributed by atoms with van der Waals surface area (Å²) in [6.07, 6.45) is 3.46. The molecule has 0 fully saturated rings. The number of carbonyl (C=O) groups is 1. The van der Waals surface area contributed by atoms with Crippen LogP contribution in [0.15, 0.2) is 41.1 Å². The molecule has 3 nitrogen and oxygen atoms in total. The Morgan fingerprint density at radius 1 is 1.29 bits per heavy atom. The maximum atomic E-state index is 11.7. The maximum absolute atomic E-state index is 11.7. The number of esters is 1. The van der Waals surface area contributed by atoms with E-state index >= 15 is 0 Å². The van der Waals surface area contributed by atoms with Crippen LogP contribution in [0.5, 0.6) is 0 Å². The van der Waals surface area contributed by atoms with Gasteiger partial charge in [-0.15, -0.1) is 0 Å². The molecule has 0 bridgehead atoms. The summed E-state index contributed by atoms with van der Waals surface area (Å²) in [5, 5.41) is 0. The fourth-order valence-electron chi connectivity index (χ4n) is 1.61. The Bertz CT molecular complexity index is 516. The molecular weight excluding hydrogens is 282 g/mol. The van der Waals surface area contributed by atoms with Crippen molar-refractivity contribution in [2.75, 3.05) is 6.61 Å². The van der Waals surface area contributed by atoms with E-state index in [4.69, 9.17) is 4.74 Å². The third-order valence-corrected chi connectivity index (χ3v) is 2.92. The maximum Gasteiger partial charge on any atom is 0.340 e. The molecule has 0 aliphatic carbocycles. The highest BCUT2D eigenvalue weighted by molar-refractivity contribution is 9.10. The van der Waals surface area contributed by atoms with Crippen LogP contribution in [0.1, 0.15) is 17.3 Å². The van der Waals surface area contributed by atoms with Gasteiger partial charge in [-0.3, -0.25) is 0 Å². The number of nitrogens with one attached hydrogen (secondary N) is 1. The average Bonchev–Trinajstić information content (AvgIpc) is 2.79. The summed E-state index contributed by atoms with van der Waals surface area (Å²) in [5.74, 6) is -0.299. The van der Waals surface area contributed by atoms with Gasteiger partial charge in [-0.25, -0.2) is 4.79 Å². The Balaban J connectivity index is 2.36. The normalized spacial score (nSPS) is 10.2. The van der Waals surface area contributed by atoms with E-state index in [9.17, 15) is 4.79 Å². The van der Waals surface area contributed by atoms with Gasteiger partial charge in [-0.1, -0.05) is 28.1 Å². The fourth-order valence-corrected chi connectivity index (χ4v) is 1.87. The van der Waals surface area contributed by atoms with Crippen LogP contribution in [0, 0.1) is 0 Å². The van der Waals surface area contributed by atoms with E-state index in [0.29, 0.717) is 12.2 Å². The number of H-pyrrole nitrogens is 1. The van der Waals surface area contributed by atoms with Crippen molar-refractivity contribution in [3.8, 4) is 11.1 Å². The Morgan fingerprint density at radius 2 is 2.00 bits per heavy atom. The molecule has 17 heavy (non-hydrogen) atoms. The molecule has 88 valence electrons. The lowest BCUT2D eigenvalue weighted by Crippen LogP contribution is -2.04. The molecular formula is C13H12BrNO2. The van der Waals surface area contributed by atoms with E-state index in [1.807, 2.05) is 24.3 Å². The number of rotatable bonds is 3. The van der Waals surface area contributed by atoms with Crippen molar-refractivity contribution in [1.82, 2.24) is 4.98 Å². The van der Waals surface area contributed by atoms with Gasteiger partial charge >= 0.3 is 5.97 Å². The molecule has 0 amide bonds. The molecule has 1 aromatic heterocycles. The number of ether oxygens (including phenoxy) is 1. The topological polar surface area (TPSA) is 42.1 Å². The van der Waals surface area contributed by atoms with E-state index in [0.717, 1.165) is 15.6 Å². The van der Waals surface area contributed by atoms with Gasteiger partial charge in [0.15, 0.2) is 0 Å². The first-order chi connectivity index (χ1) is 8.22. The van der Waals surface area contributed by atoms with Crippen LogP contribution in [0.25, 0.3) is 11.1 Å². The Labute approximate surface area is 108 Å². The van der Waals surface area contributed by atoms with Crippen LogP contribution in [-0.4, -0.2) is 17.6 Å². The van der Waals surface area contributed by atoms with Gasteiger partial charge in [0.25, 0.3) is 0 Å². The fraction of sp³-hybridized carbons (Fsp3) is 0.154. The average molecular weight is 294 g/mol. The molecule has 0 unspecified atom stereocenters. The lowest BCUT2D eigenvalue weighted by Gasteiger charge is -2.04. The zero-order chi connectivity index (χ0) is 12.3. The second kappa shape index (κ2) is 5.19. The number of benzene rings is 1. The third kappa shape index (κ3) is 2.58. The number of aromatic nitrogens is 1. The summed E-state index contributed by atoms with van der Waals surface area (Å²) in [4.78, 5) is 14.7. The molecule has 0 aliphatic rings. The molecule has 1 aromatic carbocycles. The first-order valence-electron chi connectivity index (χ1n) is 5.32. The molecule has 0 saturated heterocycles. The van der Waals surface area contributed by atoms with Crippen LogP contribution >= 0.6 is 15.9 Å². The van der Waals surface area contributed by atoms with Gasteiger partial charge < -0.3 is 9.72 Å². The second-order valence-corrected chi connectivity index (χ2v) is 4.43. The van der Waals surface area contributed by atoms with Crippen LogP contribution < -0.4 is 0 Å². The van der Waals surface area contributed by atoms with Gasteiger partial charge in [0.2, 0.25) is 0 Å². The van der Waals surface area contributed by atoms with Crippen molar-refractivity contribution >= 4 is 21.9 Å². The van der Waals surface area contributed by atoms with E-state index in [1.54, 1.807) is 19.3 Å². The Hall–Kier alpha value is -1.55. The minimum absolute atomic E-state index is 0.299. The quantitative estimate of drug-likeness (QED) is 0.878. The molecule has 0 aliphatic heterocycles. The number of hydrogen-bond acceptors (Lipinski definition) is 2. The predicted molar refractivity (Wildman–Crippen MR) is 69.9 cm³/mol. The summed E-state index contributed by atoms with van der Waals surface area (Å²) in [6.45, 7) is 2.17. The van der Waals surface area contributed by atoms with E-state index in [1.165, 1.54) is 0 Å². The Morgan fingerprint density at radius 3 is 2.65 bits per heavy atom. The monoisotopic (exact) mass is 293 g/mol. The van der Waals surface area contributed by atoms with Crippen LogP contribution in [-0.2, 0) is 4.74 Å². The molecule has 2 aromatic rings. The van der Waals surface area contributed by atoms with Crippen molar-refractivity contribution in [2.24, 2.45) is 0 Å². The molecule has 0 spiro atoms. The van der Waals surface area contributed by atoms with Gasteiger partial charge in [-0.05, 0) is 24.6 Å². The zero-order valence-corrected chi connectivity index (χ0v) is 11.0. The smallest absolute Gasteiger partial charge is 0.340 e. The minimum Gasteiger partial charge on any atom is -0.462 e. The summed E-state index contributed by atoms with van der Waals surface area (Å²) in [6, 6.07) is 7.79. The van der Waals surface area contributed by atoms with E-state index in [2.05, 4.69) is 20.9 Å². The summed E-state index contributed by atoms with van der Waals surface area (Å²) in [7, 11) is 0. The third-order valence-electron chi connectivity index (χ3n) is 2.40. The summed E-state index contributed by atoms with van der Waals surface area (Å²) < 4.78 is 6.01. The molecule has 4 heteroatoms. The molecule has 1 N–H and O–H groups in total. The summed E-state index contributed by atoms with van der Waals surface area (Å²) in [5.41, 5.74) is 2.41. The number of hydrogen-bond donors (Lipinski definition) is 1. The molecule has 0 atom stereocenters. The highest BCUT2D eigenvalue weighted by Crippen LogP contribution is 2.25. The number of aromatic amines is 1. The van der Waals surface area contributed by atoms with Crippen LogP contribution in [0.4, 0.5) is 0 Å². The molecule has 0 saturated carbocycles.